The fraction of sp³-hybridized carbons (Fsp3) is 1.00. The van der Waals surface area contributed by atoms with Crippen LogP contribution in [0.4, 0.5) is 0 Å². The van der Waals surface area contributed by atoms with Crippen LogP contribution in [0.3, 0.4) is 0 Å². The number of aliphatic hydroxyl groups excluding tert-OH is 1. The first-order chi connectivity index (χ1) is 6.31. The van der Waals surface area contributed by atoms with Crippen molar-refractivity contribution >= 4 is 0 Å². The number of likely N-dealkylation sites (N-methyl/N-ethyl adjacent to an activating group) is 1. The molecule has 0 aromatic carbocycles. The third-order valence-corrected chi connectivity index (χ3v) is 3.21. The van der Waals surface area contributed by atoms with Gasteiger partial charge in [0.1, 0.15) is 0 Å². The number of hydrogen-bond acceptors (Lipinski definition) is 3. The highest BCUT2D eigenvalue weighted by Crippen LogP contribution is 2.34. The zero-order chi connectivity index (χ0) is 9.26. The quantitative estimate of drug-likeness (QED) is 0.659. The normalized spacial score (nSPS) is 29.3. The van der Waals surface area contributed by atoms with E-state index in [-0.39, 0.29) is 6.61 Å². The molecule has 3 heteroatoms. The number of aliphatic hydroxyl groups is 1. The largest absolute Gasteiger partial charge is 0.395 e. The highest BCUT2D eigenvalue weighted by atomic mass is 16.3. The predicted molar refractivity (Wildman–Crippen MR) is 52.7 cm³/mol. The Bertz CT molecular complexity index is 170. The Hall–Kier alpha value is -0.120. The Labute approximate surface area is 80.3 Å². The highest BCUT2D eigenvalue weighted by Gasteiger charge is 2.39. The van der Waals surface area contributed by atoms with Gasteiger partial charge in [-0.25, -0.2) is 0 Å². The van der Waals surface area contributed by atoms with E-state index in [9.17, 15) is 0 Å². The van der Waals surface area contributed by atoms with Gasteiger partial charge >= 0.3 is 0 Å². The van der Waals surface area contributed by atoms with E-state index in [1.54, 1.807) is 0 Å². The molecule has 1 saturated heterocycles. The molecule has 2 rings (SSSR count). The van der Waals surface area contributed by atoms with E-state index >= 15 is 0 Å². The van der Waals surface area contributed by atoms with Crippen LogP contribution in [0.2, 0.25) is 0 Å². The molecule has 0 bridgehead atoms. The molecular formula is C10H20N2O. The first kappa shape index (κ1) is 9.44. The fourth-order valence-electron chi connectivity index (χ4n) is 2.17. The molecule has 1 saturated carbocycles. The van der Waals surface area contributed by atoms with Gasteiger partial charge < -0.3 is 10.0 Å². The van der Waals surface area contributed by atoms with Gasteiger partial charge in [0.25, 0.3) is 0 Å². The molecule has 1 atom stereocenters. The van der Waals surface area contributed by atoms with Crippen molar-refractivity contribution in [2.75, 3.05) is 33.3 Å². The Balaban J connectivity index is 1.68. The van der Waals surface area contributed by atoms with Crippen LogP contribution in [-0.2, 0) is 0 Å². The van der Waals surface area contributed by atoms with Gasteiger partial charge in [-0.3, -0.25) is 4.90 Å². The van der Waals surface area contributed by atoms with Crippen LogP contribution in [0.5, 0.6) is 0 Å². The molecule has 3 nitrogen and oxygen atoms in total. The summed E-state index contributed by atoms with van der Waals surface area (Å²) in [6.07, 6.45) is 4.19. The molecule has 2 fully saturated rings. The van der Waals surface area contributed by atoms with Crippen molar-refractivity contribution in [2.24, 2.45) is 0 Å². The van der Waals surface area contributed by atoms with E-state index < -0.39 is 0 Å². The van der Waals surface area contributed by atoms with E-state index in [1.165, 1.54) is 25.8 Å². The highest BCUT2D eigenvalue weighted by molar-refractivity contribution is 4.95. The molecule has 0 radical (unpaired) electrons. The van der Waals surface area contributed by atoms with E-state index in [0.717, 1.165) is 25.2 Å². The maximum atomic E-state index is 8.77. The second-order valence-corrected chi connectivity index (χ2v) is 4.40. The molecule has 13 heavy (non-hydrogen) atoms. The number of likely N-dealkylation sites (tertiary alicyclic amines) is 1. The number of nitrogens with zero attached hydrogens (tertiary/aromatic N) is 2. The van der Waals surface area contributed by atoms with E-state index in [4.69, 9.17) is 5.11 Å². The SMILES string of the molecule is CN(CCO)CC1CCN1C1CC1. The van der Waals surface area contributed by atoms with Crippen molar-refractivity contribution in [1.82, 2.24) is 9.80 Å². The minimum atomic E-state index is 0.284. The average Bonchev–Trinajstić information content (AvgIpc) is 2.83. The van der Waals surface area contributed by atoms with Crippen LogP contribution < -0.4 is 0 Å². The average molecular weight is 184 g/mol. The first-order valence-corrected chi connectivity index (χ1v) is 5.36. The number of hydrogen-bond donors (Lipinski definition) is 1. The zero-order valence-electron chi connectivity index (χ0n) is 8.45. The van der Waals surface area contributed by atoms with Gasteiger partial charge in [0, 0.05) is 31.7 Å². The molecule has 0 spiro atoms. The zero-order valence-corrected chi connectivity index (χ0v) is 8.45. The summed E-state index contributed by atoms with van der Waals surface area (Å²) in [7, 11) is 2.10. The lowest BCUT2D eigenvalue weighted by atomic mass is 10.0. The smallest absolute Gasteiger partial charge is 0.0558 e. The first-order valence-electron chi connectivity index (χ1n) is 5.36. The lowest BCUT2D eigenvalue weighted by molar-refractivity contribution is 0.0515. The standard InChI is InChI=1S/C10H20N2O/c1-11(6-7-13)8-10-4-5-12(10)9-2-3-9/h9-10,13H,2-8H2,1H3. The molecular weight excluding hydrogens is 164 g/mol. The summed E-state index contributed by atoms with van der Waals surface area (Å²) in [5.41, 5.74) is 0. The number of rotatable bonds is 5. The summed E-state index contributed by atoms with van der Waals surface area (Å²) >= 11 is 0. The van der Waals surface area contributed by atoms with E-state index in [2.05, 4.69) is 16.8 Å². The maximum absolute atomic E-state index is 8.77. The van der Waals surface area contributed by atoms with Gasteiger partial charge in [0.05, 0.1) is 6.61 Å². The molecule has 1 aliphatic heterocycles. The Kier molecular flexibility index (Phi) is 2.86. The maximum Gasteiger partial charge on any atom is 0.0558 e. The Morgan fingerprint density at radius 2 is 2.15 bits per heavy atom. The van der Waals surface area contributed by atoms with Crippen molar-refractivity contribution in [2.45, 2.75) is 31.3 Å². The molecule has 2 aliphatic rings. The summed E-state index contributed by atoms with van der Waals surface area (Å²) in [4.78, 5) is 4.87. The minimum Gasteiger partial charge on any atom is -0.395 e. The van der Waals surface area contributed by atoms with Crippen LogP contribution in [0.25, 0.3) is 0 Å². The Morgan fingerprint density at radius 1 is 1.38 bits per heavy atom. The predicted octanol–water partition coefficient (Wildman–Crippen LogP) is 0.147. The van der Waals surface area contributed by atoms with Crippen LogP contribution in [0.1, 0.15) is 19.3 Å². The van der Waals surface area contributed by atoms with Crippen LogP contribution in [0.15, 0.2) is 0 Å². The third-order valence-electron chi connectivity index (χ3n) is 3.21. The van der Waals surface area contributed by atoms with Gasteiger partial charge in [-0.1, -0.05) is 0 Å². The summed E-state index contributed by atoms with van der Waals surface area (Å²) < 4.78 is 0. The molecule has 0 amide bonds. The van der Waals surface area contributed by atoms with E-state index in [1.807, 2.05) is 0 Å². The molecule has 1 heterocycles. The second kappa shape index (κ2) is 3.95. The molecule has 1 aliphatic carbocycles. The second-order valence-electron chi connectivity index (χ2n) is 4.40. The van der Waals surface area contributed by atoms with Gasteiger partial charge in [-0.05, 0) is 26.3 Å². The molecule has 76 valence electrons. The summed E-state index contributed by atoms with van der Waals surface area (Å²) in [6, 6.07) is 1.70. The van der Waals surface area contributed by atoms with Crippen molar-refractivity contribution < 1.29 is 5.11 Å². The van der Waals surface area contributed by atoms with Crippen LogP contribution in [0, 0.1) is 0 Å². The van der Waals surface area contributed by atoms with Gasteiger partial charge in [0.15, 0.2) is 0 Å². The van der Waals surface area contributed by atoms with Crippen molar-refractivity contribution in [3.63, 3.8) is 0 Å². The van der Waals surface area contributed by atoms with Crippen LogP contribution in [-0.4, -0.2) is 60.3 Å². The summed E-state index contributed by atoms with van der Waals surface area (Å²) in [5, 5.41) is 8.77. The molecule has 1 N–H and O–H groups in total. The van der Waals surface area contributed by atoms with Crippen molar-refractivity contribution in [3.8, 4) is 0 Å². The van der Waals surface area contributed by atoms with Gasteiger partial charge in [0.2, 0.25) is 0 Å². The summed E-state index contributed by atoms with van der Waals surface area (Å²) in [5.74, 6) is 0. The van der Waals surface area contributed by atoms with Gasteiger partial charge in [-0.2, -0.15) is 0 Å². The van der Waals surface area contributed by atoms with E-state index in [0.29, 0.717) is 0 Å². The molecule has 0 aromatic heterocycles. The van der Waals surface area contributed by atoms with Gasteiger partial charge in [-0.15, -0.1) is 0 Å². The lowest BCUT2D eigenvalue weighted by Gasteiger charge is -2.43. The van der Waals surface area contributed by atoms with Crippen molar-refractivity contribution in [3.05, 3.63) is 0 Å². The topological polar surface area (TPSA) is 26.7 Å². The molecule has 0 aromatic rings. The fourth-order valence-corrected chi connectivity index (χ4v) is 2.17. The molecule has 1 unspecified atom stereocenters. The minimum absolute atomic E-state index is 0.284. The van der Waals surface area contributed by atoms with Crippen molar-refractivity contribution in [1.29, 1.82) is 0 Å². The Morgan fingerprint density at radius 3 is 2.62 bits per heavy atom. The van der Waals surface area contributed by atoms with Crippen LogP contribution >= 0.6 is 0 Å². The third kappa shape index (κ3) is 2.22. The lowest BCUT2D eigenvalue weighted by Crippen LogP contribution is -2.54. The monoisotopic (exact) mass is 184 g/mol. The summed E-state index contributed by atoms with van der Waals surface area (Å²) in [6.45, 7) is 3.54.